The number of ether oxygens (including phenoxy) is 4. The van der Waals surface area contributed by atoms with E-state index < -0.39 is 0 Å². The molecular weight excluding hydrogens is 270 g/mol. The summed E-state index contributed by atoms with van der Waals surface area (Å²) < 4.78 is 21.8. The molecule has 5 heteroatoms. The molecule has 1 aliphatic rings. The molecule has 1 atom stereocenters. The number of methoxy groups -OCH3 is 3. The van der Waals surface area contributed by atoms with E-state index in [1.165, 1.54) is 12.8 Å². The SMILES string of the molecule is COc1cc(OCC(C)CNC2CC2)cc(OC)c1OC. The van der Waals surface area contributed by atoms with Gasteiger partial charge in [-0.15, -0.1) is 0 Å². The minimum absolute atomic E-state index is 0.449. The third-order valence-corrected chi connectivity index (χ3v) is 3.51. The van der Waals surface area contributed by atoms with E-state index in [1.807, 2.05) is 12.1 Å². The molecule has 0 radical (unpaired) electrons. The fourth-order valence-electron chi connectivity index (χ4n) is 2.09. The molecule has 1 aromatic carbocycles. The summed E-state index contributed by atoms with van der Waals surface area (Å²) in [6, 6.07) is 4.37. The lowest BCUT2D eigenvalue weighted by molar-refractivity contribution is 0.250. The lowest BCUT2D eigenvalue weighted by atomic mass is 10.2. The van der Waals surface area contributed by atoms with Gasteiger partial charge in [0, 0.05) is 30.6 Å². The molecule has 1 N–H and O–H groups in total. The van der Waals surface area contributed by atoms with Gasteiger partial charge in [0.1, 0.15) is 5.75 Å². The van der Waals surface area contributed by atoms with Gasteiger partial charge in [-0.2, -0.15) is 0 Å². The number of hydrogen-bond acceptors (Lipinski definition) is 5. The second-order valence-electron chi connectivity index (χ2n) is 5.46. The van der Waals surface area contributed by atoms with Crippen molar-refractivity contribution >= 4 is 0 Å². The van der Waals surface area contributed by atoms with Gasteiger partial charge < -0.3 is 24.3 Å². The van der Waals surface area contributed by atoms with Crippen LogP contribution in [0.15, 0.2) is 12.1 Å². The first-order chi connectivity index (χ1) is 10.2. The first kappa shape index (κ1) is 15.8. The van der Waals surface area contributed by atoms with Gasteiger partial charge in [0.2, 0.25) is 5.75 Å². The fraction of sp³-hybridized carbons (Fsp3) is 0.625. The van der Waals surface area contributed by atoms with Gasteiger partial charge in [-0.3, -0.25) is 0 Å². The van der Waals surface area contributed by atoms with Crippen LogP contribution in [0.1, 0.15) is 19.8 Å². The summed E-state index contributed by atoms with van der Waals surface area (Å²) in [5, 5.41) is 3.51. The zero-order valence-corrected chi connectivity index (χ0v) is 13.3. The molecule has 5 nitrogen and oxygen atoms in total. The maximum atomic E-state index is 5.85. The van der Waals surface area contributed by atoms with Crippen LogP contribution in [0.4, 0.5) is 0 Å². The molecule has 1 fully saturated rings. The summed E-state index contributed by atoms with van der Waals surface area (Å²) in [5.74, 6) is 2.97. The minimum atomic E-state index is 0.449. The van der Waals surface area contributed by atoms with Crippen LogP contribution in [0.5, 0.6) is 23.0 Å². The van der Waals surface area contributed by atoms with Crippen molar-refractivity contribution in [1.29, 1.82) is 0 Å². The Morgan fingerprint density at radius 1 is 1.10 bits per heavy atom. The molecule has 21 heavy (non-hydrogen) atoms. The van der Waals surface area contributed by atoms with Crippen molar-refractivity contribution in [1.82, 2.24) is 5.32 Å². The molecule has 1 aromatic rings. The fourth-order valence-corrected chi connectivity index (χ4v) is 2.09. The molecule has 1 aliphatic carbocycles. The van der Waals surface area contributed by atoms with Crippen molar-refractivity contribution in [2.45, 2.75) is 25.8 Å². The Kier molecular flexibility index (Phi) is 5.56. The van der Waals surface area contributed by atoms with Crippen LogP contribution in [-0.2, 0) is 0 Å². The van der Waals surface area contributed by atoms with Crippen molar-refractivity contribution in [3.8, 4) is 23.0 Å². The van der Waals surface area contributed by atoms with E-state index in [9.17, 15) is 0 Å². The number of hydrogen-bond donors (Lipinski definition) is 1. The van der Waals surface area contributed by atoms with E-state index in [2.05, 4.69) is 12.2 Å². The van der Waals surface area contributed by atoms with E-state index in [1.54, 1.807) is 21.3 Å². The summed E-state index contributed by atoms with van der Waals surface area (Å²) in [5.41, 5.74) is 0. The zero-order chi connectivity index (χ0) is 15.2. The summed E-state index contributed by atoms with van der Waals surface area (Å²) >= 11 is 0. The second kappa shape index (κ2) is 7.41. The van der Waals surface area contributed by atoms with Crippen LogP contribution >= 0.6 is 0 Å². The van der Waals surface area contributed by atoms with Crippen molar-refractivity contribution in [2.75, 3.05) is 34.5 Å². The molecular formula is C16H25NO4. The van der Waals surface area contributed by atoms with Gasteiger partial charge in [-0.05, 0) is 12.8 Å². The number of rotatable bonds is 9. The quantitative estimate of drug-likeness (QED) is 0.758. The minimum Gasteiger partial charge on any atom is -0.493 e. The maximum Gasteiger partial charge on any atom is 0.203 e. The molecule has 0 heterocycles. The van der Waals surface area contributed by atoms with Gasteiger partial charge in [-0.25, -0.2) is 0 Å². The Morgan fingerprint density at radius 3 is 2.19 bits per heavy atom. The molecule has 0 amide bonds. The van der Waals surface area contributed by atoms with Gasteiger partial charge in [0.25, 0.3) is 0 Å². The van der Waals surface area contributed by atoms with E-state index in [0.29, 0.717) is 29.8 Å². The van der Waals surface area contributed by atoms with Gasteiger partial charge in [0.05, 0.1) is 27.9 Å². The van der Waals surface area contributed by atoms with Crippen LogP contribution in [0.3, 0.4) is 0 Å². The van der Waals surface area contributed by atoms with Crippen molar-refractivity contribution in [3.63, 3.8) is 0 Å². The molecule has 0 bridgehead atoms. The van der Waals surface area contributed by atoms with Crippen molar-refractivity contribution in [3.05, 3.63) is 12.1 Å². The number of benzene rings is 1. The average molecular weight is 295 g/mol. The molecule has 0 aliphatic heterocycles. The second-order valence-corrected chi connectivity index (χ2v) is 5.46. The lowest BCUT2D eigenvalue weighted by Gasteiger charge is -2.17. The molecule has 0 saturated heterocycles. The summed E-state index contributed by atoms with van der Waals surface area (Å²) in [4.78, 5) is 0. The van der Waals surface area contributed by atoms with Crippen LogP contribution in [0.2, 0.25) is 0 Å². The van der Waals surface area contributed by atoms with E-state index in [-0.39, 0.29) is 0 Å². The Morgan fingerprint density at radius 2 is 1.71 bits per heavy atom. The first-order valence-corrected chi connectivity index (χ1v) is 7.34. The third-order valence-electron chi connectivity index (χ3n) is 3.51. The maximum absolute atomic E-state index is 5.85. The Labute approximate surface area is 126 Å². The first-order valence-electron chi connectivity index (χ1n) is 7.34. The number of nitrogens with one attached hydrogen (secondary N) is 1. The lowest BCUT2D eigenvalue weighted by Crippen LogP contribution is -2.26. The largest absolute Gasteiger partial charge is 0.493 e. The van der Waals surface area contributed by atoms with E-state index in [4.69, 9.17) is 18.9 Å². The summed E-state index contributed by atoms with van der Waals surface area (Å²) in [6.07, 6.45) is 2.61. The Bertz CT molecular complexity index is 435. The molecule has 1 saturated carbocycles. The molecule has 1 unspecified atom stereocenters. The van der Waals surface area contributed by atoms with E-state index in [0.717, 1.165) is 18.3 Å². The van der Waals surface area contributed by atoms with Crippen molar-refractivity contribution in [2.24, 2.45) is 5.92 Å². The van der Waals surface area contributed by atoms with Gasteiger partial charge >= 0.3 is 0 Å². The van der Waals surface area contributed by atoms with E-state index >= 15 is 0 Å². The monoisotopic (exact) mass is 295 g/mol. The predicted molar refractivity (Wildman–Crippen MR) is 81.8 cm³/mol. The van der Waals surface area contributed by atoms with Crippen LogP contribution in [-0.4, -0.2) is 40.5 Å². The normalized spacial score (nSPS) is 15.4. The van der Waals surface area contributed by atoms with Gasteiger partial charge in [-0.1, -0.05) is 6.92 Å². The Balaban J connectivity index is 1.94. The highest BCUT2D eigenvalue weighted by molar-refractivity contribution is 5.55. The highest BCUT2D eigenvalue weighted by Gasteiger charge is 2.21. The molecule has 2 rings (SSSR count). The van der Waals surface area contributed by atoms with Gasteiger partial charge in [0.15, 0.2) is 11.5 Å². The van der Waals surface area contributed by atoms with Crippen molar-refractivity contribution < 1.29 is 18.9 Å². The van der Waals surface area contributed by atoms with Crippen LogP contribution < -0.4 is 24.3 Å². The summed E-state index contributed by atoms with van der Waals surface area (Å²) in [6.45, 7) is 3.81. The summed E-state index contributed by atoms with van der Waals surface area (Å²) in [7, 11) is 4.79. The topological polar surface area (TPSA) is 49.0 Å². The molecule has 118 valence electrons. The predicted octanol–water partition coefficient (Wildman–Crippen LogP) is 2.48. The average Bonchev–Trinajstić information content (AvgIpc) is 3.33. The highest BCUT2D eigenvalue weighted by Crippen LogP contribution is 2.40. The zero-order valence-electron chi connectivity index (χ0n) is 13.3. The van der Waals surface area contributed by atoms with Crippen LogP contribution in [0.25, 0.3) is 0 Å². The smallest absolute Gasteiger partial charge is 0.203 e. The third kappa shape index (κ3) is 4.43. The molecule has 0 aromatic heterocycles. The molecule has 0 spiro atoms. The Hall–Kier alpha value is -1.62. The standard InChI is InChI=1S/C16H25NO4/c1-11(9-17-12-5-6-12)10-21-13-7-14(18-2)16(20-4)15(8-13)19-3/h7-8,11-12,17H,5-6,9-10H2,1-4H3. The highest BCUT2D eigenvalue weighted by atomic mass is 16.5. The van der Waals surface area contributed by atoms with Crippen LogP contribution in [0, 0.1) is 5.92 Å².